The molecule has 4 heteroatoms. The van der Waals surface area contributed by atoms with E-state index in [2.05, 4.69) is 134 Å². The lowest BCUT2D eigenvalue weighted by atomic mass is 10.0. The first kappa shape index (κ1) is 34.9. The van der Waals surface area contributed by atoms with Gasteiger partial charge in [-0.25, -0.2) is 0 Å². The van der Waals surface area contributed by atoms with E-state index >= 15 is 0 Å². The minimum atomic E-state index is 0. The second-order valence-corrected chi connectivity index (χ2v) is 10.8. The molecular weight excluding hydrogens is 570 g/mol. The molecule has 6 aromatic rings. The summed E-state index contributed by atoms with van der Waals surface area (Å²) in [6.07, 6.45) is 5.56. The number of hydrogen-bond acceptors (Lipinski definition) is 3. The van der Waals surface area contributed by atoms with Gasteiger partial charge >= 0.3 is 0 Å². The number of hydrogen-bond donors (Lipinski definition) is 2. The molecule has 0 bridgehead atoms. The number of aliphatic imine (C=N–C) groups is 1. The molecule has 0 spiro atoms. The summed E-state index contributed by atoms with van der Waals surface area (Å²) in [6, 6.07) is 44.9. The van der Waals surface area contributed by atoms with Crippen LogP contribution in [0.15, 0.2) is 158 Å². The minimum absolute atomic E-state index is 0. The van der Waals surface area contributed by atoms with Gasteiger partial charge in [-0.05, 0) is 81.1 Å². The van der Waals surface area contributed by atoms with Crippen molar-refractivity contribution in [1.82, 2.24) is 5.32 Å². The van der Waals surface area contributed by atoms with Crippen LogP contribution in [-0.4, -0.2) is 19.3 Å². The summed E-state index contributed by atoms with van der Waals surface area (Å²) in [7, 11) is 0. The first-order chi connectivity index (χ1) is 21.5. The maximum absolute atomic E-state index is 5.80. The normalized spacial score (nSPS) is 11.9. The van der Waals surface area contributed by atoms with E-state index in [0.29, 0.717) is 12.6 Å². The number of nitrogens with one attached hydrogen (secondary N) is 1. The molecule has 0 saturated carbocycles. The summed E-state index contributed by atoms with van der Waals surface area (Å²) in [4.78, 5) is 4.22. The zero-order valence-corrected chi connectivity index (χ0v) is 27.1. The Kier molecular flexibility index (Phi) is 14.2. The zero-order valence-electron chi connectivity index (χ0n) is 26.3. The lowest BCUT2D eigenvalue weighted by Gasteiger charge is -2.13. The Hall–Kier alpha value is -4.54. The molecule has 0 aliphatic heterocycles. The molecule has 0 heterocycles. The molecule has 6 rings (SSSR count). The smallest absolute Gasteiger partial charge is 0.0567 e. The standard InChI is InChI=1S/C15H17N.C14H13N.C12H13N.ClH/c1-3-10-16-12(2)14-9-8-13-6-4-5-7-15(13)11-14;1-2-9-15-11-12-7-8-13-5-3-4-6-14(13)10-12;1-9(13)11-7-6-10-4-2-3-5-12(10)8-11;/h3-9,11-12,16H,1,10H2,2H3;2-8,10-11H,1,9H2;2-9H,13H2,1H3;1H/t12-;;9-;/m1.1./s1. The zero-order chi connectivity index (χ0) is 31.1. The van der Waals surface area contributed by atoms with Crippen LogP contribution in [0.3, 0.4) is 0 Å². The third-order valence-corrected chi connectivity index (χ3v) is 7.39. The predicted molar refractivity (Wildman–Crippen MR) is 201 cm³/mol. The summed E-state index contributed by atoms with van der Waals surface area (Å²) in [5.41, 5.74) is 9.45. The maximum Gasteiger partial charge on any atom is 0.0567 e. The van der Waals surface area contributed by atoms with Crippen LogP contribution in [0, 0.1) is 0 Å². The number of halogens is 1. The molecule has 3 N–H and O–H groups in total. The second-order valence-electron chi connectivity index (χ2n) is 10.8. The Morgan fingerprint density at radius 1 is 0.622 bits per heavy atom. The number of nitrogens with two attached hydrogens (primary N) is 1. The monoisotopic (exact) mass is 613 g/mol. The van der Waals surface area contributed by atoms with Crippen molar-refractivity contribution in [2.45, 2.75) is 25.9 Å². The second kappa shape index (κ2) is 18.3. The third-order valence-electron chi connectivity index (χ3n) is 7.39. The lowest BCUT2D eigenvalue weighted by Crippen LogP contribution is -2.18. The summed E-state index contributed by atoms with van der Waals surface area (Å²) >= 11 is 0. The third kappa shape index (κ3) is 10.5. The molecule has 0 fully saturated rings. The fourth-order valence-electron chi connectivity index (χ4n) is 4.87. The van der Waals surface area contributed by atoms with Crippen LogP contribution in [-0.2, 0) is 0 Å². The number of nitrogens with zero attached hydrogens (tertiary/aromatic N) is 1. The predicted octanol–water partition coefficient (Wildman–Crippen LogP) is 10.4. The van der Waals surface area contributed by atoms with Gasteiger partial charge in [0, 0.05) is 24.8 Å². The summed E-state index contributed by atoms with van der Waals surface area (Å²) < 4.78 is 0. The van der Waals surface area contributed by atoms with E-state index in [9.17, 15) is 0 Å². The molecule has 230 valence electrons. The van der Waals surface area contributed by atoms with Crippen molar-refractivity contribution in [3.05, 3.63) is 169 Å². The number of rotatable bonds is 8. The van der Waals surface area contributed by atoms with Crippen LogP contribution >= 0.6 is 12.4 Å². The van der Waals surface area contributed by atoms with Gasteiger partial charge in [-0.1, -0.05) is 121 Å². The van der Waals surface area contributed by atoms with Gasteiger partial charge in [0.2, 0.25) is 0 Å². The van der Waals surface area contributed by atoms with Gasteiger partial charge < -0.3 is 11.1 Å². The molecule has 0 amide bonds. The SMILES string of the molecule is C=CCN=Cc1ccc2ccccc2c1.C=CCN[C@H](C)c1ccc2ccccc2c1.C[C@@H](N)c1ccc2ccccc2c1.Cl. The number of fused-ring (bicyclic) bond motifs is 3. The van der Waals surface area contributed by atoms with E-state index in [0.717, 1.165) is 12.1 Å². The Balaban J connectivity index is 0.000000183. The molecule has 45 heavy (non-hydrogen) atoms. The Labute approximate surface area is 274 Å². The molecule has 0 unspecified atom stereocenters. The van der Waals surface area contributed by atoms with Crippen LogP contribution < -0.4 is 11.1 Å². The highest BCUT2D eigenvalue weighted by molar-refractivity contribution is 5.90. The molecule has 0 saturated heterocycles. The van der Waals surface area contributed by atoms with Gasteiger partial charge in [-0.2, -0.15) is 0 Å². The fraction of sp³-hybridized carbons (Fsp3) is 0.146. The van der Waals surface area contributed by atoms with Gasteiger partial charge in [-0.15, -0.1) is 25.6 Å². The molecule has 2 atom stereocenters. The first-order valence-electron chi connectivity index (χ1n) is 15.1. The van der Waals surface area contributed by atoms with E-state index in [4.69, 9.17) is 5.73 Å². The van der Waals surface area contributed by atoms with Crippen LogP contribution in [0.1, 0.15) is 42.6 Å². The quantitative estimate of drug-likeness (QED) is 0.132. The van der Waals surface area contributed by atoms with Crippen LogP contribution in [0.5, 0.6) is 0 Å². The van der Waals surface area contributed by atoms with Crippen molar-refractivity contribution in [2.24, 2.45) is 10.7 Å². The highest BCUT2D eigenvalue weighted by Crippen LogP contribution is 2.20. The molecule has 0 aromatic heterocycles. The van der Waals surface area contributed by atoms with E-state index in [1.807, 2.05) is 43.5 Å². The van der Waals surface area contributed by atoms with Crippen molar-refractivity contribution in [3.8, 4) is 0 Å². The van der Waals surface area contributed by atoms with E-state index in [-0.39, 0.29) is 18.4 Å². The van der Waals surface area contributed by atoms with Crippen molar-refractivity contribution < 1.29 is 0 Å². The average Bonchev–Trinajstić information content (AvgIpc) is 3.07. The van der Waals surface area contributed by atoms with Crippen molar-refractivity contribution in [3.63, 3.8) is 0 Å². The molecule has 0 aliphatic carbocycles. The van der Waals surface area contributed by atoms with Crippen molar-refractivity contribution in [2.75, 3.05) is 13.1 Å². The molecule has 6 aromatic carbocycles. The van der Waals surface area contributed by atoms with E-state index in [1.54, 1.807) is 6.08 Å². The van der Waals surface area contributed by atoms with Gasteiger partial charge in [-0.3, -0.25) is 4.99 Å². The van der Waals surface area contributed by atoms with Gasteiger partial charge in [0.1, 0.15) is 0 Å². The fourth-order valence-corrected chi connectivity index (χ4v) is 4.87. The summed E-state index contributed by atoms with van der Waals surface area (Å²) in [6.45, 7) is 13.0. The average molecular weight is 614 g/mol. The molecular formula is C41H44ClN3. The Morgan fingerprint density at radius 3 is 1.60 bits per heavy atom. The summed E-state index contributed by atoms with van der Waals surface area (Å²) in [5, 5.41) is 11.0. The minimum Gasteiger partial charge on any atom is -0.324 e. The van der Waals surface area contributed by atoms with Gasteiger partial charge in [0.05, 0.1) is 6.54 Å². The molecule has 0 radical (unpaired) electrons. The van der Waals surface area contributed by atoms with Crippen molar-refractivity contribution in [1.29, 1.82) is 0 Å². The first-order valence-corrected chi connectivity index (χ1v) is 15.1. The van der Waals surface area contributed by atoms with Crippen LogP contribution in [0.25, 0.3) is 32.3 Å². The highest BCUT2D eigenvalue weighted by Gasteiger charge is 2.04. The molecule has 3 nitrogen and oxygen atoms in total. The lowest BCUT2D eigenvalue weighted by molar-refractivity contribution is 0.618. The Bertz CT molecular complexity index is 1840. The van der Waals surface area contributed by atoms with Gasteiger partial charge in [0.15, 0.2) is 0 Å². The van der Waals surface area contributed by atoms with E-state index in [1.165, 1.54) is 43.4 Å². The summed E-state index contributed by atoms with van der Waals surface area (Å²) in [5.74, 6) is 0. The largest absolute Gasteiger partial charge is 0.324 e. The Morgan fingerprint density at radius 2 is 1.09 bits per heavy atom. The highest BCUT2D eigenvalue weighted by atomic mass is 35.5. The topological polar surface area (TPSA) is 50.4 Å². The van der Waals surface area contributed by atoms with Crippen molar-refractivity contribution >= 4 is 50.9 Å². The van der Waals surface area contributed by atoms with Gasteiger partial charge in [0.25, 0.3) is 0 Å². The van der Waals surface area contributed by atoms with Crippen LogP contribution in [0.2, 0.25) is 0 Å². The number of benzene rings is 6. The van der Waals surface area contributed by atoms with E-state index < -0.39 is 0 Å². The van der Waals surface area contributed by atoms with Crippen LogP contribution in [0.4, 0.5) is 0 Å². The molecule has 0 aliphatic rings. The maximum atomic E-state index is 5.80.